The lowest BCUT2D eigenvalue weighted by Gasteiger charge is -2.30. The molecule has 2 amide bonds. The normalized spacial score (nSPS) is 18.7. The lowest BCUT2D eigenvalue weighted by atomic mass is 9.91. The van der Waals surface area contributed by atoms with Crippen LogP contribution in [0.25, 0.3) is 0 Å². The maximum atomic E-state index is 12.4. The summed E-state index contributed by atoms with van der Waals surface area (Å²) in [6, 6.07) is 6.31. The Morgan fingerprint density at radius 3 is 2.45 bits per heavy atom. The number of fused-ring (bicyclic) bond motifs is 1. The fraction of sp³-hybridized carbons (Fsp3) is 0.556. The SMILES string of the molecule is CC(=O)N1CCC(C(=O)Nc2ccc3c(c2)CCCC3)CC1. The van der Waals surface area contributed by atoms with Gasteiger partial charge >= 0.3 is 0 Å². The van der Waals surface area contributed by atoms with Crippen molar-refractivity contribution in [1.82, 2.24) is 4.90 Å². The first-order chi connectivity index (χ1) is 10.6. The van der Waals surface area contributed by atoms with Crippen LogP contribution in [0.3, 0.4) is 0 Å². The quantitative estimate of drug-likeness (QED) is 0.913. The summed E-state index contributed by atoms with van der Waals surface area (Å²) in [4.78, 5) is 25.5. The molecule has 0 unspecified atom stereocenters. The molecule has 0 bridgehead atoms. The van der Waals surface area contributed by atoms with Crippen molar-refractivity contribution in [3.8, 4) is 0 Å². The molecular weight excluding hydrogens is 276 g/mol. The minimum atomic E-state index is 0.0200. The molecule has 0 radical (unpaired) electrons. The van der Waals surface area contributed by atoms with E-state index in [1.165, 1.54) is 24.0 Å². The van der Waals surface area contributed by atoms with E-state index < -0.39 is 0 Å². The van der Waals surface area contributed by atoms with Crippen molar-refractivity contribution >= 4 is 17.5 Å². The van der Waals surface area contributed by atoms with Crippen LogP contribution in [0.15, 0.2) is 18.2 Å². The van der Waals surface area contributed by atoms with Crippen LogP contribution in [0.4, 0.5) is 5.69 Å². The molecule has 1 aromatic rings. The van der Waals surface area contributed by atoms with Crippen LogP contribution in [0.2, 0.25) is 0 Å². The predicted molar refractivity (Wildman–Crippen MR) is 86.7 cm³/mol. The third-order valence-electron chi connectivity index (χ3n) is 4.93. The first kappa shape index (κ1) is 15.1. The van der Waals surface area contributed by atoms with Crippen molar-refractivity contribution in [3.05, 3.63) is 29.3 Å². The standard InChI is InChI=1S/C18H24N2O2/c1-13(21)20-10-8-15(9-11-20)18(22)19-17-7-6-14-4-2-3-5-16(14)12-17/h6-7,12,15H,2-5,8-11H2,1H3,(H,19,22). The molecule has 1 aliphatic carbocycles. The Bertz CT molecular complexity index is 574. The van der Waals surface area contributed by atoms with Gasteiger partial charge in [-0.2, -0.15) is 0 Å². The van der Waals surface area contributed by atoms with Gasteiger partial charge in [0.05, 0.1) is 0 Å². The molecule has 0 saturated carbocycles. The van der Waals surface area contributed by atoms with E-state index in [1.807, 2.05) is 11.0 Å². The van der Waals surface area contributed by atoms with Gasteiger partial charge in [-0.3, -0.25) is 9.59 Å². The second kappa shape index (κ2) is 6.51. The molecule has 22 heavy (non-hydrogen) atoms. The summed E-state index contributed by atoms with van der Waals surface area (Å²) in [7, 11) is 0. The summed E-state index contributed by atoms with van der Waals surface area (Å²) in [5.41, 5.74) is 3.73. The molecule has 4 heteroatoms. The Morgan fingerprint density at radius 1 is 1.09 bits per heavy atom. The molecule has 0 spiro atoms. The average Bonchev–Trinajstić information content (AvgIpc) is 2.55. The van der Waals surface area contributed by atoms with Crippen molar-refractivity contribution in [2.45, 2.75) is 45.4 Å². The van der Waals surface area contributed by atoms with Crippen LogP contribution < -0.4 is 5.32 Å². The molecule has 1 N–H and O–H groups in total. The Balaban J connectivity index is 1.59. The summed E-state index contributed by atoms with van der Waals surface area (Å²) < 4.78 is 0. The molecule has 0 atom stereocenters. The number of aryl methyl sites for hydroxylation is 2. The van der Waals surface area contributed by atoms with E-state index in [-0.39, 0.29) is 17.7 Å². The number of carbonyl (C=O) groups excluding carboxylic acids is 2. The van der Waals surface area contributed by atoms with E-state index in [1.54, 1.807) is 6.92 Å². The number of carbonyl (C=O) groups is 2. The Labute approximate surface area is 131 Å². The number of likely N-dealkylation sites (tertiary alicyclic amines) is 1. The fourth-order valence-corrected chi connectivity index (χ4v) is 3.51. The van der Waals surface area contributed by atoms with E-state index >= 15 is 0 Å². The van der Waals surface area contributed by atoms with Gasteiger partial charge in [0.1, 0.15) is 0 Å². The molecule has 4 nitrogen and oxygen atoms in total. The smallest absolute Gasteiger partial charge is 0.227 e. The highest BCUT2D eigenvalue weighted by molar-refractivity contribution is 5.92. The Morgan fingerprint density at radius 2 is 1.77 bits per heavy atom. The number of anilines is 1. The highest BCUT2D eigenvalue weighted by Crippen LogP contribution is 2.25. The lowest BCUT2D eigenvalue weighted by Crippen LogP contribution is -2.40. The van der Waals surface area contributed by atoms with Gasteiger partial charge < -0.3 is 10.2 Å². The maximum Gasteiger partial charge on any atom is 0.227 e. The molecule has 0 aromatic heterocycles. The van der Waals surface area contributed by atoms with Crippen LogP contribution >= 0.6 is 0 Å². The maximum absolute atomic E-state index is 12.4. The summed E-state index contributed by atoms with van der Waals surface area (Å²) in [6.07, 6.45) is 6.32. The van der Waals surface area contributed by atoms with Gasteiger partial charge in [-0.15, -0.1) is 0 Å². The average molecular weight is 300 g/mol. The zero-order chi connectivity index (χ0) is 15.5. The molecule has 2 aliphatic rings. The summed E-state index contributed by atoms with van der Waals surface area (Å²) in [6.45, 7) is 2.97. The van der Waals surface area contributed by atoms with Gasteiger partial charge in [-0.05, 0) is 61.8 Å². The largest absolute Gasteiger partial charge is 0.343 e. The van der Waals surface area contributed by atoms with Gasteiger partial charge in [-0.25, -0.2) is 0 Å². The van der Waals surface area contributed by atoms with Crippen molar-refractivity contribution in [1.29, 1.82) is 0 Å². The molecule has 1 aliphatic heterocycles. The number of hydrogen-bond donors (Lipinski definition) is 1. The lowest BCUT2D eigenvalue weighted by molar-refractivity contribution is -0.132. The molecular formula is C18H24N2O2. The minimum absolute atomic E-state index is 0.0200. The van der Waals surface area contributed by atoms with Gasteiger partial charge in [0.25, 0.3) is 0 Å². The van der Waals surface area contributed by atoms with Crippen molar-refractivity contribution in [3.63, 3.8) is 0 Å². The summed E-state index contributed by atoms with van der Waals surface area (Å²) in [5.74, 6) is 0.221. The van der Waals surface area contributed by atoms with E-state index in [4.69, 9.17) is 0 Å². The zero-order valence-corrected chi connectivity index (χ0v) is 13.2. The highest BCUT2D eigenvalue weighted by atomic mass is 16.2. The van der Waals surface area contributed by atoms with Crippen LogP contribution in [-0.4, -0.2) is 29.8 Å². The van der Waals surface area contributed by atoms with E-state index in [0.29, 0.717) is 13.1 Å². The van der Waals surface area contributed by atoms with Gasteiger partial charge in [0.15, 0.2) is 0 Å². The number of hydrogen-bond acceptors (Lipinski definition) is 2. The molecule has 1 heterocycles. The number of piperidine rings is 1. The fourth-order valence-electron chi connectivity index (χ4n) is 3.51. The summed E-state index contributed by atoms with van der Waals surface area (Å²) in [5, 5.41) is 3.06. The van der Waals surface area contributed by atoms with E-state index in [2.05, 4.69) is 17.4 Å². The number of nitrogens with zero attached hydrogens (tertiary/aromatic N) is 1. The van der Waals surface area contributed by atoms with Gasteiger partial charge in [-0.1, -0.05) is 6.07 Å². The third kappa shape index (κ3) is 3.32. The molecule has 1 fully saturated rings. The predicted octanol–water partition coefficient (Wildman–Crippen LogP) is 2.76. The van der Waals surface area contributed by atoms with Crippen LogP contribution in [-0.2, 0) is 22.4 Å². The first-order valence-electron chi connectivity index (χ1n) is 8.31. The molecule has 3 rings (SSSR count). The van der Waals surface area contributed by atoms with Crippen LogP contribution in [0, 0.1) is 5.92 Å². The second-order valence-electron chi connectivity index (χ2n) is 6.46. The second-order valence-corrected chi connectivity index (χ2v) is 6.46. The molecule has 1 saturated heterocycles. The molecule has 1 aromatic carbocycles. The van der Waals surface area contributed by atoms with E-state index in [0.717, 1.165) is 31.4 Å². The minimum Gasteiger partial charge on any atom is -0.343 e. The van der Waals surface area contributed by atoms with E-state index in [9.17, 15) is 9.59 Å². The van der Waals surface area contributed by atoms with Crippen LogP contribution in [0.5, 0.6) is 0 Å². The molecule has 118 valence electrons. The Hall–Kier alpha value is -1.84. The van der Waals surface area contributed by atoms with Crippen molar-refractivity contribution < 1.29 is 9.59 Å². The first-order valence-corrected chi connectivity index (χ1v) is 8.31. The number of rotatable bonds is 2. The highest BCUT2D eigenvalue weighted by Gasteiger charge is 2.26. The third-order valence-corrected chi connectivity index (χ3v) is 4.93. The topological polar surface area (TPSA) is 49.4 Å². The monoisotopic (exact) mass is 300 g/mol. The number of amides is 2. The van der Waals surface area contributed by atoms with Crippen molar-refractivity contribution in [2.75, 3.05) is 18.4 Å². The van der Waals surface area contributed by atoms with Crippen molar-refractivity contribution in [2.24, 2.45) is 5.92 Å². The zero-order valence-electron chi connectivity index (χ0n) is 13.2. The summed E-state index contributed by atoms with van der Waals surface area (Å²) >= 11 is 0. The van der Waals surface area contributed by atoms with Gasteiger partial charge in [0, 0.05) is 31.6 Å². The number of benzene rings is 1. The number of nitrogens with one attached hydrogen (secondary N) is 1. The van der Waals surface area contributed by atoms with Crippen LogP contribution in [0.1, 0.15) is 43.7 Å². The van der Waals surface area contributed by atoms with Gasteiger partial charge in [0.2, 0.25) is 11.8 Å². The Kier molecular flexibility index (Phi) is 4.46.